The van der Waals surface area contributed by atoms with Gasteiger partial charge in [0.15, 0.2) is 0 Å². The lowest BCUT2D eigenvalue weighted by atomic mass is 10.4. The van der Waals surface area contributed by atoms with E-state index in [0.29, 0.717) is 5.78 Å². The summed E-state index contributed by atoms with van der Waals surface area (Å²) in [6.45, 7) is 1.94. The Labute approximate surface area is 89.9 Å². The molecule has 6 heteroatoms. The fourth-order valence-corrected chi connectivity index (χ4v) is 1.91. The standard InChI is InChI=1S/C8H10BrN5/c1-5-6(9)7(13(2)3)14-8(12-5)10-4-11-14/h4H,1-3H3. The van der Waals surface area contributed by atoms with Gasteiger partial charge in [0.05, 0.1) is 10.2 Å². The highest BCUT2D eigenvalue weighted by Crippen LogP contribution is 2.26. The molecule has 74 valence electrons. The van der Waals surface area contributed by atoms with Crippen molar-refractivity contribution in [3.8, 4) is 0 Å². The molecule has 2 aromatic heterocycles. The summed E-state index contributed by atoms with van der Waals surface area (Å²) >= 11 is 3.49. The molecule has 0 aromatic carbocycles. The van der Waals surface area contributed by atoms with Crippen molar-refractivity contribution < 1.29 is 0 Å². The smallest absolute Gasteiger partial charge is 0.254 e. The maximum Gasteiger partial charge on any atom is 0.254 e. The molecule has 0 atom stereocenters. The Morgan fingerprint density at radius 2 is 2.14 bits per heavy atom. The molecular weight excluding hydrogens is 246 g/mol. The van der Waals surface area contributed by atoms with Gasteiger partial charge in [-0.2, -0.15) is 14.6 Å². The molecule has 14 heavy (non-hydrogen) atoms. The van der Waals surface area contributed by atoms with Crippen molar-refractivity contribution >= 4 is 27.5 Å². The van der Waals surface area contributed by atoms with E-state index in [1.165, 1.54) is 6.33 Å². The number of anilines is 1. The van der Waals surface area contributed by atoms with Gasteiger partial charge in [-0.15, -0.1) is 0 Å². The van der Waals surface area contributed by atoms with Gasteiger partial charge >= 0.3 is 0 Å². The van der Waals surface area contributed by atoms with Crippen molar-refractivity contribution in [1.82, 2.24) is 19.6 Å². The molecule has 0 aliphatic heterocycles. The lowest BCUT2D eigenvalue weighted by Crippen LogP contribution is -2.15. The Kier molecular flexibility index (Phi) is 2.14. The summed E-state index contributed by atoms with van der Waals surface area (Å²) in [6, 6.07) is 0. The third-order valence-electron chi connectivity index (χ3n) is 1.94. The van der Waals surface area contributed by atoms with Crippen molar-refractivity contribution in [2.24, 2.45) is 0 Å². The number of aromatic nitrogens is 4. The number of aryl methyl sites for hydroxylation is 1. The van der Waals surface area contributed by atoms with Crippen LogP contribution in [0.4, 0.5) is 5.82 Å². The first kappa shape index (κ1) is 9.39. The van der Waals surface area contributed by atoms with E-state index in [1.807, 2.05) is 25.9 Å². The average molecular weight is 256 g/mol. The molecule has 2 aromatic rings. The first-order valence-electron chi connectivity index (χ1n) is 4.14. The molecule has 0 saturated carbocycles. The van der Waals surface area contributed by atoms with Gasteiger partial charge < -0.3 is 4.90 Å². The zero-order chi connectivity index (χ0) is 10.3. The summed E-state index contributed by atoms with van der Waals surface area (Å²) in [5.74, 6) is 1.57. The third-order valence-corrected chi connectivity index (χ3v) is 2.86. The van der Waals surface area contributed by atoms with E-state index in [2.05, 4.69) is 31.0 Å². The number of halogens is 1. The molecule has 5 nitrogen and oxygen atoms in total. The van der Waals surface area contributed by atoms with Crippen LogP contribution in [0.15, 0.2) is 10.8 Å². The van der Waals surface area contributed by atoms with Gasteiger partial charge in [0.2, 0.25) is 0 Å². The largest absolute Gasteiger partial charge is 0.362 e. The predicted octanol–water partition coefficient (Wildman–Crippen LogP) is 1.26. The number of nitrogens with zero attached hydrogens (tertiary/aromatic N) is 5. The molecule has 0 radical (unpaired) electrons. The van der Waals surface area contributed by atoms with Crippen molar-refractivity contribution in [2.75, 3.05) is 19.0 Å². The van der Waals surface area contributed by atoms with Gasteiger partial charge in [0, 0.05) is 14.1 Å². The molecule has 0 saturated heterocycles. The number of rotatable bonds is 1. The van der Waals surface area contributed by atoms with Crippen molar-refractivity contribution in [2.45, 2.75) is 6.92 Å². The van der Waals surface area contributed by atoms with Crippen LogP contribution in [0.2, 0.25) is 0 Å². The number of hydrogen-bond donors (Lipinski definition) is 0. The molecule has 0 spiro atoms. The first-order valence-corrected chi connectivity index (χ1v) is 4.93. The Morgan fingerprint density at radius 3 is 2.79 bits per heavy atom. The highest BCUT2D eigenvalue weighted by molar-refractivity contribution is 9.10. The van der Waals surface area contributed by atoms with E-state index in [4.69, 9.17) is 0 Å². The number of fused-ring (bicyclic) bond motifs is 1. The Balaban J connectivity index is 2.86. The molecule has 0 aliphatic carbocycles. The minimum absolute atomic E-state index is 0.620. The molecule has 0 fully saturated rings. The normalized spacial score (nSPS) is 10.9. The predicted molar refractivity (Wildman–Crippen MR) is 57.5 cm³/mol. The first-order chi connectivity index (χ1) is 6.61. The van der Waals surface area contributed by atoms with Crippen molar-refractivity contribution in [3.05, 3.63) is 16.5 Å². The van der Waals surface area contributed by atoms with Gasteiger partial charge in [-0.3, -0.25) is 0 Å². The van der Waals surface area contributed by atoms with E-state index in [0.717, 1.165) is 16.0 Å². The minimum Gasteiger partial charge on any atom is -0.362 e. The van der Waals surface area contributed by atoms with Crippen LogP contribution in [0.25, 0.3) is 5.78 Å². The lowest BCUT2D eigenvalue weighted by molar-refractivity contribution is 0.880. The fraction of sp³-hybridized carbons (Fsp3) is 0.375. The van der Waals surface area contributed by atoms with Crippen LogP contribution < -0.4 is 4.90 Å². The average Bonchev–Trinajstić information content (AvgIpc) is 2.52. The van der Waals surface area contributed by atoms with Gasteiger partial charge in [0.1, 0.15) is 12.1 Å². The second-order valence-electron chi connectivity index (χ2n) is 3.20. The fourth-order valence-electron chi connectivity index (χ4n) is 1.30. The van der Waals surface area contributed by atoms with Gasteiger partial charge in [-0.25, -0.2) is 4.98 Å². The summed E-state index contributed by atoms with van der Waals surface area (Å²) in [5, 5.41) is 4.11. The zero-order valence-electron chi connectivity index (χ0n) is 8.19. The zero-order valence-corrected chi connectivity index (χ0v) is 9.78. The van der Waals surface area contributed by atoms with Crippen LogP contribution in [0.5, 0.6) is 0 Å². The monoisotopic (exact) mass is 255 g/mol. The maximum atomic E-state index is 4.29. The second kappa shape index (κ2) is 3.20. The highest BCUT2D eigenvalue weighted by Gasteiger charge is 2.13. The molecule has 0 N–H and O–H groups in total. The Morgan fingerprint density at radius 1 is 1.43 bits per heavy atom. The molecular formula is C8H10BrN5. The van der Waals surface area contributed by atoms with E-state index >= 15 is 0 Å². The number of hydrogen-bond acceptors (Lipinski definition) is 4. The van der Waals surface area contributed by atoms with Crippen molar-refractivity contribution in [3.63, 3.8) is 0 Å². The summed E-state index contributed by atoms with van der Waals surface area (Å²) in [5.41, 5.74) is 0.911. The third kappa shape index (κ3) is 1.26. The quantitative estimate of drug-likeness (QED) is 0.770. The van der Waals surface area contributed by atoms with E-state index in [9.17, 15) is 0 Å². The van der Waals surface area contributed by atoms with Gasteiger partial charge in [0.25, 0.3) is 5.78 Å². The lowest BCUT2D eigenvalue weighted by Gasteiger charge is -2.16. The summed E-state index contributed by atoms with van der Waals surface area (Å²) < 4.78 is 2.65. The van der Waals surface area contributed by atoms with Crippen LogP contribution >= 0.6 is 15.9 Å². The summed E-state index contributed by atoms with van der Waals surface area (Å²) in [6.07, 6.45) is 1.50. The molecule has 0 unspecified atom stereocenters. The highest BCUT2D eigenvalue weighted by atomic mass is 79.9. The minimum atomic E-state index is 0.620. The topological polar surface area (TPSA) is 46.3 Å². The van der Waals surface area contributed by atoms with Crippen LogP contribution in [-0.4, -0.2) is 33.7 Å². The van der Waals surface area contributed by atoms with E-state index in [-0.39, 0.29) is 0 Å². The van der Waals surface area contributed by atoms with Gasteiger partial charge in [-0.1, -0.05) is 0 Å². The van der Waals surface area contributed by atoms with E-state index in [1.54, 1.807) is 4.52 Å². The molecule has 0 amide bonds. The summed E-state index contributed by atoms with van der Waals surface area (Å²) in [7, 11) is 3.92. The summed E-state index contributed by atoms with van der Waals surface area (Å²) in [4.78, 5) is 10.3. The van der Waals surface area contributed by atoms with Crippen LogP contribution in [-0.2, 0) is 0 Å². The maximum absolute atomic E-state index is 4.29. The molecule has 2 rings (SSSR count). The van der Waals surface area contributed by atoms with Crippen LogP contribution in [0.3, 0.4) is 0 Å². The molecule has 2 heterocycles. The van der Waals surface area contributed by atoms with Crippen LogP contribution in [0.1, 0.15) is 5.69 Å². The van der Waals surface area contributed by atoms with E-state index < -0.39 is 0 Å². The van der Waals surface area contributed by atoms with Gasteiger partial charge in [-0.05, 0) is 22.9 Å². The Bertz CT molecular complexity index is 476. The van der Waals surface area contributed by atoms with Crippen LogP contribution in [0, 0.1) is 6.92 Å². The second-order valence-corrected chi connectivity index (χ2v) is 3.99. The van der Waals surface area contributed by atoms with Crippen molar-refractivity contribution in [1.29, 1.82) is 0 Å². The SMILES string of the molecule is Cc1nc2ncnn2c(N(C)C)c1Br. The Hall–Kier alpha value is -1.17. The molecule has 0 aliphatic rings. The molecule has 0 bridgehead atoms.